The predicted molar refractivity (Wildman–Crippen MR) is 117 cm³/mol. The smallest absolute Gasteiger partial charge is 0.413 e. The summed E-state index contributed by atoms with van der Waals surface area (Å²) in [6.07, 6.45) is -0.915. The maximum absolute atomic E-state index is 12.8. The molecule has 3 rings (SSSR count). The van der Waals surface area contributed by atoms with Crippen LogP contribution in [0.4, 0.5) is 10.6 Å². The lowest BCUT2D eigenvalue weighted by molar-refractivity contribution is 0.101. The molecular formula is C22H20ClN3O5. The highest BCUT2D eigenvalue weighted by Crippen LogP contribution is 2.15. The van der Waals surface area contributed by atoms with Crippen molar-refractivity contribution >= 4 is 29.3 Å². The molecule has 0 spiro atoms. The third kappa shape index (κ3) is 5.10. The van der Waals surface area contributed by atoms with Crippen LogP contribution in [0.25, 0.3) is 0 Å². The molecule has 3 aromatic rings. The fourth-order valence-electron chi connectivity index (χ4n) is 2.98. The van der Waals surface area contributed by atoms with Crippen molar-refractivity contribution in [3.63, 3.8) is 0 Å². The molecule has 0 bridgehead atoms. The highest BCUT2D eigenvalue weighted by atomic mass is 35.5. The third-order valence-electron chi connectivity index (χ3n) is 4.56. The SMILES string of the molecule is Cn1c(=O)c(C(=O)CCl)c(NC(=O)OCc2ccccc2)n(Cc2ccccc2)c1=O. The van der Waals surface area contributed by atoms with Gasteiger partial charge in [-0.2, -0.15) is 0 Å². The standard InChI is InChI=1S/C22H20ClN3O5/c1-25-20(28)18(17(27)12-23)19(24-21(29)31-14-16-10-6-3-7-11-16)26(22(25)30)13-15-8-4-2-5-9-15/h2-11H,12-14H2,1H3,(H,24,29). The Bertz CT molecular complexity index is 1200. The lowest BCUT2D eigenvalue weighted by atomic mass is 10.2. The molecule has 160 valence electrons. The average molecular weight is 442 g/mol. The number of anilines is 1. The molecule has 8 nitrogen and oxygen atoms in total. The quantitative estimate of drug-likeness (QED) is 0.449. The van der Waals surface area contributed by atoms with E-state index in [0.717, 1.165) is 20.3 Å². The fourth-order valence-corrected chi connectivity index (χ4v) is 3.12. The molecule has 0 aliphatic carbocycles. The lowest BCUT2D eigenvalue weighted by Crippen LogP contribution is -2.43. The number of Topliss-reactive ketones (excluding diaryl/α,β-unsaturated/α-hetero) is 1. The number of benzene rings is 2. The van der Waals surface area contributed by atoms with Crippen molar-refractivity contribution in [2.45, 2.75) is 13.2 Å². The Balaban J connectivity index is 2.02. The number of ether oxygens (including phenoxy) is 1. The molecule has 1 N–H and O–H groups in total. The number of halogens is 1. The zero-order valence-corrected chi connectivity index (χ0v) is 17.5. The number of ketones is 1. The van der Waals surface area contributed by atoms with Crippen LogP contribution in [0.1, 0.15) is 21.5 Å². The summed E-state index contributed by atoms with van der Waals surface area (Å²) in [7, 11) is 1.26. The van der Waals surface area contributed by atoms with Crippen LogP contribution in [0, 0.1) is 0 Å². The summed E-state index contributed by atoms with van der Waals surface area (Å²) in [5.41, 5.74) is -0.449. The van der Waals surface area contributed by atoms with Crippen molar-refractivity contribution < 1.29 is 14.3 Å². The number of hydrogen-bond acceptors (Lipinski definition) is 5. The van der Waals surface area contributed by atoms with E-state index in [0.29, 0.717) is 0 Å². The first kappa shape index (κ1) is 22.0. The molecule has 0 atom stereocenters. The first-order valence-electron chi connectivity index (χ1n) is 9.37. The van der Waals surface area contributed by atoms with E-state index in [4.69, 9.17) is 16.3 Å². The van der Waals surface area contributed by atoms with Gasteiger partial charge in [0, 0.05) is 7.05 Å². The number of alkyl halides is 1. The van der Waals surface area contributed by atoms with Gasteiger partial charge in [0.25, 0.3) is 5.56 Å². The zero-order valence-electron chi connectivity index (χ0n) is 16.7. The van der Waals surface area contributed by atoms with Crippen LogP contribution in [0.5, 0.6) is 0 Å². The van der Waals surface area contributed by atoms with E-state index in [-0.39, 0.29) is 24.5 Å². The van der Waals surface area contributed by atoms with Crippen LogP contribution >= 0.6 is 11.6 Å². The summed E-state index contributed by atoms with van der Waals surface area (Å²) >= 11 is 5.68. The van der Waals surface area contributed by atoms with Crippen LogP contribution in [0.3, 0.4) is 0 Å². The number of nitrogens with one attached hydrogen (secondary N) is 1. The van der Waals surface area contributed by atoms with E-state index >= 15 is 0 Å². The Morgan fingerprint density at radius 3 is 2.13 bits per heavy atom. The summed E-state index contributed by atoms with van der Waals surface area (Å²) in [6, 6.07) is 17.9. The number of rotatable bonds is 7. The second-order valence-electron chi connectivity index (χ2n) is 6.69. The molecule has 0 unspecified atom stereocenters. The van der Waals surface area contributed by atoms with E-state index < -0.39 is 29.0 Å². The van der Waals surface area contributed by atoms with Gasteiger partial charge in [-0.3, -0.25) is 24.0 Å². The molecule has 31 heavy (non-hydrogen) atoms. The van der Waals surface area contributed by atoms with Crippen LogP contribution in [-0.2, 0) is 24.9 Å². The number of carbonyl (C=O) groups is 2. The van der Waals surface area contributed by atoms with E-state index in [1.807, 2.05) is 12.1 Å². The molecule has 1 amide bonds. The summed E-state index contributed by atoms with van der Waals surface area (Å²) in [6.45, 7) is -0.0100. The van der Waals surface area contributed by atoms with Crippen LogP contribution in [-0.4, -0.2) is 26.9 Å². The number of carbonyl (C=O) groups excluding carboxylic acids is 2. The number of amides is 1. The average Bonchev–Trinajstić information content (AvgIpc) is 2.80. The van der Waals surface area contributed by atoms with Crippen molar-refractivity contribution in [2.75, 3.05) is 11.2 Å². The van der Waals surface area contributed by atoms with Crippen LogP contribution in [0.2, 0.25) is 0 Å². The number of aromatic nitrogens is 2. The number of hydrogen-bond donors (Lipinski definition) is 1. The van der Waals surface area contributed by atoms with Crippen molar-refractivity contribution in [1.29, 1.82) is 0 Å². The zero-order chi connectivity index (χ0) is 22.4. The molecule has 0 saturated carbocycles. The third-order valence-corrected chi connectivity index (χ3v) is 4.80. The van der Waals surface area contributed by atoms with Gasteiger partial charge in [-0.05, 0) is 11.1 Å². The normalized spacial score (nSPS) is 10.5. The minimum Gasteiger partial charge on any atom is -0.444 e. The van der Waals surface area contributed by atoms with Crippen molar-refractivity contribution in [3.8, 4) is 0 Å². The van der Waals surface area contributed by atoms with Crippen molar-refractivity contribution in [1.82, 2.24) is 9.13 Å². The van der Waals surface area contributed by atoms with Gasteiger partial charge in [-0.15, -0.1) is 11.6 Å². The molecule has 2 aromatic carbocycles. The molecule has 0 radical (unpaired) electrons. The van der Waals surface area contributed by atoms with E-state index in [9.17, 15) is 19.2 Å². The van der Waals surface area contributed by atoms with E-state index in [1.54, 1.807) is 48.5 Å². The summed E-state index contributed by atoms with van der Waals surface area (Å²) in [5.74, 6) is -1.46. The molecular weight excluding hydrogens is 422 g/mol. The molecule has 0 fully saturated rings. The van der Waals surface area contributed by atoms with Gasteiger partial charge in [0.05, 0.1) is 12.4 Å². The minimum atomic E-state index is -0.915. The molecule has 1 heterocycles. The minimum absolute atomic E-state index is 0.0185. The van der Waals surface area contributed by atoms with Crippen LogP contribution < -0.4 is 16.6 Å². The van der Waals surface area contributed by atoms with Crippen LogP contribution in [0.15, 0.2) is 70.3 Å². The molecule has 0 aliphatic rings. The first-order valence-corrected chi connectivity index (χ1v) is 9.90. The lowest BCUT2D eigenvalue weighted by Gasteiger charge is -2.18. The van der Waals surface area contributed by atoms with Gasteiger partial charge in [0.1, 0.15) is 18.0 Å². The Hall–Kier alpha value is -3.65. The topological polar surface area (TPSA) is 99.4 Å². The Kier molecular flexibility index (Phi) is 7.04. The molecule has 1 aromatic heterocycles. The van der Waals surface area contributed by atoms with Gasteiger partial charge in [-0.1, -0.05) is 60.7 Å². The second-order valence-corrected chi connectivity index (χ2v) is 6.95. The number of nitrogens with zero attached hydrogens (tertiary/aromatic N) is 2. The second kappa shape index (κ2) is 9.90. The van der Waals surface area contributed by atoms with Crippen molar-refractivity contribution in [2.24, 2.45) is 7.05 Å². The highest BCUT2D eigenvalue weighted by Gasteiger charge is 2.24. The van der Waals surface area contributed by atoms with Gasteiger partial charge < -0.3 is 4.74 Å². The van der Waals surface area contributed by atoms with Gasteiger partial charge in [0.15, 0.2) is 5.78 Å². The molecule has 9 heteroatoms. The van der Waals surface area contributed by atoms with Gasteiger partial charge >= 0.3 is 11.8 Å². The summed E-state index contributed by atoms with van der Waals surface area (Å²) < 4.78 is 7.14. The fraction of sp³-hybridized carbons (Fsp3) is 0.182. The Labute approximate surface area is 182 Å². The first-order chi connectivity index (χ1) is 14.9. The Morgan fingerprint density at radius 1 is 0.968 bits per heavy atom. The summed E-state index contributed by atoms with van der Waals surface area (Å²) in [4.78, 5) is 50.4. The van der Waals surface area contributed by atoms with Crippen molar-refractivity contribution in [3.05, 3.63) is 98.2 Å². The molecule has 0 saturated heterocycles. The van der Waals surface area contributed by atoms with Gasteiger partial charge in [0.2, 0.25) is 0 Å². The predicted octanol–water partition coefficient (Wildman–Crippen LogP) is 2.77. The Morgan fingerprint density at radius 2 is 1.55 bits per heavy atom. The van der Waals surface area contributed by atoms with Gasteiger partial charge in [-0.25, -0.2) is 9.59 Å². The summed E-state index contributed by atoms with van der Waals surface area (Å²) in [5, 5.41) is 2.40. The van der Waals surface area contributed by atoms with E-state index in [1.165, 1.54) is 7.05 Å². The largest absolute Gasteiger partial charge is 0.444 e. The molecule has 0 aliphatic heterocycles. The highest BCUT2D eigenvalue weighted by molar-refractivity contribution is 6.31. The maximum atomic E-state index is 12.8. The maximum Gasteiger partial charge on any atom is 0.413 e. The monoisotopic (exact) mass is 441 g/mol. The van der Waals surface area contributed by atoms with E-state index in [2.05, 4.69) is 5.32 Å².